The Hall–Kier alpha value is -5.92. The van der Waals surface area contributed by atoms with Gasteiger partial charge in [0.2, 0.25) is 11.8 Å². The molecule has 0 spiro atoms. The molecule has 0 aliphatic carbocycles. The normalized spacial score (nSPS) is 11.5. The molecule has 7 rings (SSSR count). The second kappa shape index (κ2) is 14.1. The lowest BCUT2D eigenvalue weighted by atomic mass is 10.1. The van der Waals surface area contributed by atoms with Crippen molar-refractivity contribution in [2.45, 2.75) is 0 Å². The second-order valence-electron chi connectivity index (χ2n) is 12.0. The zero-order chi connectivity index (χ0) is 33.7. The number of oxazole rings is 2. The van der Waals surface area contributed by atoms with Crippen LogP contribution in [-0.4, -0.2) is 38.2 Å². The van der Waals surface area contributed by atoms with E-state index in [-0.39, 0.29) is 0 Å². The lowest BCUT2D eigenvalue weighted by Crippen LogP contribution is -2.07. The van der Waals surface area contributed by atoms with Gasteiger partial charge in [-0.25, -0.2) is 9.97 Å². The molecule has 0 aliphatic rings. The smallest absolute Gasteiger partial charge is 0.220 e. The first kappa shape index (κ1) is 31.7. The molecule has 242 valence electrons. The highest BCUT2D eigenvalue weighted by Crippen LogP contribution is 2.36. The standard InChI is InChI=1S/C42H36N4O2S/c1-45(2)33-19-15-29(16-20-33)39-41(31-11-7-5-8-12-31)47-37(43-39)27-25-35-23-24-36(49-35)26-28-38-44-40(30-17-21-34(22-18-30)46(3)4)42(48-38)32-13-9-6-10-14-32/h5-28H,1-4H3/b27-25+,28-26+. The molecule has 7 heteroatoms. The minimum Gasteiger partial charge on any atom is -0.436 e. The molecule has 4 aromatic carbocycles. The molecule has 0 saturated carbocycles. The number of benzene rings is 4. The van der Waals surface area contributed by atoms with E-state index in [1.54, 1.807) is 11.3 Å². The summed E-state index contributed by atoms with van der Waals surface area (Å²) in [5.41, 5.74) is 7.89. The first-order valence-electron chi connectivity index (χ1n) is 16.1. The van der Waals surface area contributed by atoms with Crippen molar-refractivity contribution >= 4 is 47.0 Å². The Morgan fingerprint density at radius 3 is 1.20 bits per heavy atom. The van der Waals surface area contributed by atoms with Gasteiger partial charge in [-0.05, 0) is 48.6 Å². The van der Waals surface area contributed by atoms with Crippen molar-refractivity contribution in [2.75, 3.05) is 38.0 Å². The zero-order valence-electron chi connectivity index (χ0n) is 27.9. The van der Waals surface area contributed by atoms with Gasteiger partial charge < -0.3 is 18.6 Å². The summed E-state index contributed by atoms with van der Waals surface area (Å²) in [6, 6.07) is 41.1. The topological polar surface area (TPSA) is 58.5 Å². The number of thiophene rings is 1. The van der Waals surface area contributed by atoms with Gasteiger partial charge in [-0.3, -0.25) is 0 Å². The molecule has 49 heavy (non-hydrogen) atoms. The fourth-order valence-corrected chi connectivity index (χ4v) is 6.28. The third kappa shape index (κ3) is 7.17. The molecule has 3 aromatic heterocycles. The molecule has 0 unspecified atom stereocenters. The van der Waals surface area contributed by atoms with Crippen molar-refractivity contribution < 1.29 is 8.83 Å². The Bertz CT molecular complexity index is 2050. The van der Waals surface area contributed by atoms with Crippen LogP contribution < -0.4 is 9.80 Å². The molecule has 0 amide bonds. The van der Waals surface area contributed by atoms with Crippen molar-refractivity contribution in [2.24, 2.45) is 0 Å². The summed E-state index contributed by atoms with van der Waals surface area (Å²) in [5.74, 6) is 2.61. The molecule has 0 fully saturated rings. The first-order chi connectivity index (χ1) is 23.9. The van der Waals surface area contributed by atoms with Crippen LogP contribution in [0.2, 0.25) is 0 Å². The Morgan fingerprint density at radius 1 is 0.449 bits per heavy atom. The van der Waals surface area contributed by atoms with Crippen molar-refractivity contribution in [3.63, 3.8) is 0 Å². The van der Waals surface area contributed by atoms with E-state index in [1.807, 2.05) is 113 Å². The number of hydrogen-bond acceptors (Lipinski definition) is 7. The Labute approximate surface area is 291 Å². The predicted octanol–water partition coefficient (Wildman–Crippen LogP) is 10.9. The van der Waals surface area contributed by atoms with E-state index in [0.717, 1.165) is 66.3 Å². The van der Waals surface area contributed by atoms with E-state index in [1.165, 1.54) is 0 Å². The number of anilines is 2. The Kier molecular flexibility index (Phi) is 9.08. The third-order valence-corrected chi connectivity index (χ3v) is 9.12. The summed E-state index contributed by atoms with van der Waals surface area (Å²) in [6.07, 6.45) is 7.93. The van der Waals surface area contributed by atoms with Crippen molar-refractivity contribution in [3.8, 4) is 45.2 Å². The molecule has 6 nitrogen and oxygen atoms in total. The van der Waals surface area contributed by atoms with E-state index in [0.29, 0.717) is 11.8 Å². The number of hydrogen-bond donors (Lipinski definition) is 0. The van der Waals surface area contributed by atoms with E-state index in [2.05, 4.69) is 70.5 Å². The highest BCUT2D eigenvalue weighted by atomic mass is 32.1. The maximum absolute atomic E-state index is 6.33. The summed E-state index contributed by atoms with van der Waals surface area (Å²) < 4.78 is 12.7. The van der Waals surface area contributed by atoms with Crippen molar-refractivity contribution in [1.82, 2.24) is 9.97 Å². The number of nitrogens with zero attached hydrogens (tertiary/aromatic N) is 4. The lowest BCUT2D eigenvalue weighted by Gasteiger charge is -2.12. The molecule has 7 aromatic rings. The van der Waals surface area contributed by atoms with Gasteiger partial charge in [0.05, 0.1) is 0 Å². The molecular formula is C42H36N4O2S. The average Bonchev–Trinajstić information content (AvgIpc) is 3.89. The van der Waals surface area contributed by atoms with Crippen LogP contribution >= 0.6 is 11.3 Å². The van der Waals surface area contributed by atoms with Gasteiger partial charge in [-0.15, -0.1) is 11.3 Å². The fraction of sp³-hybridized carbons (Fsp3) is 0.0952. The molecule has 0 N–H and O–H groups in total. The van der Waals surface area contributed by atoms with E-state index >= 15 is 0 Å². The highest BCUT2D eigenvalue weighted by molar-refractivity contribution is 7.13. The minimum absolute atomic E-state index is 0.551. The van der Waals surface area contributed by atoms with Gasteiger partial charge in [0.15, 0.2) is 11.5 Å². The maximum Gasteiger partial charge on any atom is 0.220 e. The second-order valence-corrected chi connectivity index (χ2v) is 13.1. The van der Waals surface area contributed by atoms with Gasteiger partial charge in [-0.1, -0.05) is 84.9 Å². The summed E-state index contributed by atoms with van der Waals surface area (Å²) in [6.45, 7) is 0. The molecule has 0 aliphatic heterocycles. The van der Waals surface area contributed by atoms with Crippen LogP contribution in [0.25, 0.3) is 69.5 Å². The van der Waals surface area contributed by atoms with Gasteiger partial charge in [0.1, 0.15) is 11.4 Å². The predicted molar refractivity (Wildman–Crippen MR) is 206 cm³/mol. The molecular weight excluding hydrogens is 625 g/mol. The summed E-state index contributed by atoms with van der Waals surface area (Å²) in [7, 11) is 8.14. The Balaban J connectivity index is 1.13. The molecule has 3 heterocycles. The van der Waals surface area contributed by atoms with Crippen LogP contribution in [0.15, 0.2) is 130 Å². The van der Waals surface area contributed by atoms with Crippen LogP contribution in [0.1, 0.15) is 21.5 Å². The molecule has 0 atom stereocenters. The quantitative estimate of drug-likeness (QED) is 0.146. The number of rotatable bonds is 10. The van der Waals surface area contributed by atoms with E-state index < -0.39 is 0 Å². The Morgan fingerprint density at radius 2 is 0.837 bits per heavy atom. The monoisotopic (exact) mass is 660 g/mol. The molecule has 0 saturated heterocycles. The van der Waals surface area contributed by atoms with Crippen LogP contribution in [0.4, 0.5) is 11.4 Å². The minimum atomic E-state index is 0.551. The van der Waals surface area contributed by atoms with Crippen LogP contribution in [0.5, 0.6) is 0 Å². The first-order valence-corrected chi connectivity index (χ1v) is 16.9. The van der Waals surface area contributed by atoms with E-state index in [9.17, 15) is 0 Å². The van der Waals surface area contributed by atoms with Crippen molar-refractivity contribution in [3.05, 3.63) is 143 Å². The summed E-state index contributed by atoms with van der Waals surface area (Å²) in [4.78, 5) is 16.1. The van der Waals surface area contributed by atoms with Crippen LogP contribution in [0, 0.1) is 0 Å². The largest absolute Gasteiger partial charge is 0.436 e. The number of aromatic nitrogens is 2. The van der Waals surface area contributed by atoms with Gasteiger partial charge in [-0.2, -0.15) is 0 Å². The lowest BCUT2D eigenvalue weighted by molar-refractivity contribution is 0.560. The summed E-state index contributed by atoms with van der Waals surface area (Å²) >= 11 is 1.67. The molecule has 0 radical (unpaired) electrons. The average molecular weight is 661 g/mol. The van der Waals surface area contributed by atoms with Gasteiger partial charge in [0.25, 0.3) is 0 Å². The SMILES string of the molecule is CN(C)c1ccc(-c2nc(/C=C/c3ccc(/C=C/c4nc(-c5ccc(N(C)C)cc5)c(-c5ccccc5)o4)s3)oc2-c2ccccc2)cc1. The van der Waals surface area contributed by atoms with Gasteiger partial charge in [0, 0.05) is 83.7 Å². The van der Waals surface area contributed by atoms with E-state index in [4.69, 9.17) is 18.8 Å². The van der Waals surface area contributed by atoms with Crippen LogP contribution in [-0.2, 0) is 0 Å². The highest BCUT2D eigenvalue weighted by Gasteiger charge is 2.17. The third-order valence-electron chi connectivity index (χ3n) is 8.10. The molecule has 0 bridgehead atoms. The van der Waals surface area contributed by atoms with Crippen molar-refractivity contribution in [1.29, 1.82) is 0 Å². The van der Waals surface area contributed by atoms with Gasteiger partial charge >= 0.3 is 0 Å². The van der Waals surface area contributed by atoms with Crippen LogP contribution in [0.3, 0.4) is 0 Å². The maximum atomic E-state index is 6.33. The summed E-state index contributed by atoms with van der Waals surface area (Å²) in [5, 5.41) is 0. The fourth-order valence-electron chi connectivity index (χ4n) is 5.47. The zero-order valence-corrected chi connectivity index (χ0v) is 28.7.